The summed E-state index contributed by atoms with van der Waals surface area (Å²) in [4.78, 5) is 11.0. The molecule has 0 aliphatic heterocycles. The highest BCUT2D eigenvalue weighted by Gasteiger charge is 2.12. The van der Waals surface area contributed by atoms with Crippen molar-refractivity contribution in [2.45, 2.75) is 25.0 Å². The van der Waals surface area contributed by atoms with Gasteiger partial charge in [-0.2, -0.15) is 0 Å². The van der Waals surface area contributed by atoms with Crippen molar-refractivity contribution >= 4 is 18.0 Å². The number of benzene rings is 2. The zero-order chi connectivity index (χ0) is 18.2. The number of ether oxygens (including phenoxy) is 1. The fourth-order valence-corrected chi connectivity index (χ4v) is 3.48. The van der Waals surface area contributed by atoms with Crippen LogP contribution in [0.1, 0.15) is 28.7 Å². The van der Waals surface area contributed by atoms with E-state index >= 15 is 0 Å². The van der Waals surface area contributed by atoms with E-state index < -0.39 is 0 Å². The van der Waals surface area contributed by atoms with Crippen LogP contribution < -0.4 is 4.74 Å². The molecule has 0 fully saturated rings. The van der Waals surface area contributed by atoms with E-state index in [4.69, 9.17) is 4.74 Å². The second kappa shape index (κ2) is 9.20. The van der Waals surface area contributed by atoms with Crippen LogP contribution in [0.5, 0.6) is 5.75 Å². The Labute approximate surface area is 157 Å². The molecule has 1 heterocycles. The van der Waals surface area contributed by atoms with Gasteiger partial charge in [0.05, 0.1) is 12.2 Å². The van der Waals surface area contributed by atoms with E-state index in [0.717, 1.165) is 36.0 Å². The largest absolute Gasteiger partial charge is 0.492 e. The molecule has 3 rings (SSSR count). The SMILES string of the molecule is CCn1c(Cc2ccccc2)nnc1SCCOc1ccccc1C=O. The van der Waals surface area contributed by atoms with Crippen LogP contribution in [0.15, 0.2) is 59.8 Å². The number of carbonyl (C=O) groups is 1. The molecule has 0 saturated carbocycles. The van der Waals surface area contributed by atoms with Crippen molar-refractivity contribution < 1.29 is 9.53 Å². The first kappa shape index (κ1) is 18.2. The van der Waals surface area contributed by atoms with Crippen molar-refractivity contribution in [2.24, 2.45) is 0 Å². The van der Waals surface area contributed by atoms with Crippen LogP contribution in [0.3, 0.4) is 0 Å². The van der Waals surface area contributed by atoms with Crippen LogP contribution >= 0.6 is 11.8 Å². The Morgan fingerprint density at radius 3 is 2.62 bits per heavy atom. The second-order valence-corrected chi connectivity index (χ2v) is 6.72. The van der Waals surface area contributed by atoms with Gasteiger partial charge >= 0.3 is 0 Å². The average Bonchev–Trinajstić information content (AvgIpc) is 3.07. The van der Waals surface area contributed by atoms with E-state index in [1.54, 1.807) is 23.9 Å². The van der Waals surface area contributed by atoms with Crippen molar-refractivity contribution in [3.05, 3.63) is 71.5 Å². The van der Waals surface area contributed by atoms with E-state index in [-0.39, 0.29) is 0 Å². The summed E-state index contributed by atoms with van der Waals surface area (Å²) in [5.41, 5.74) is 1.79. The Bertz CT molecular complexity index is 849. The molecule has 0 bridgehead atoms. The molecule has 26 heavy (non-hydrogen) atoms. The molecule has 0 saturated heterocycles. The molecule has 1 aromatic heterocycles. The smallest absolute Gasteiger partial charge is 0.191 e. The molecule has 5 nitrogen and oxygen atoms in total. The van der Waals surface area contributed by atoms with Gasteiger partial charge in [-0.05, 0) is 24.6 Å². The zero-order valence-electron chi connectivity index (χ0n) is 14.7. The summed E-state index contributed by atoms with van der Waals surface area (Å²) in [6.45, 7) is 3.42. The third kappa shape index (κ3) is 4.52. The van der Waals surface area contributed by atoms with Crippen molar-refractivity contribution in [1.29, 1.82) is 0 Å². The van der Waals surface area contributed by atoms with E-state index in [1.807, 2.05) is 30.3 Å². The molecule has 134 valence electrons. The predicted molar refractivity (Wildman–Crippen MR) is 103 cm³/mol. The van der Waals surface area contributed by atoms with Gasteiger partial charge in [0, 0.05) is 18.7 Å². The minimum Gasteiger partial charge on any atom is -0.492 e. The van der Waals surface area contributed by atoms with Crippen molar-refractivity contribution in [3.63, 3.8) is 0 Å². The van der Waals surface area contributed by atoms with Gasteiger partial charge in [0.15, 0.2) is 11.4 Å². The second-order valence-electron chi connectivity index (χ2n) is 5.66. The summed E-state index contributed by atoms with van der Waals surface area (Å²) in [5, 5.41) is 9.57. The molecule has 6 heteroatoms. The van der Waals surface area contributed by atoms with Gasteiger partial charge in [0.2, 0.25) is 0 Å². The molecule has 3 aromatic rings. The summed E-state index contributed by atoms with van der Waals surface area (Å²) >= 11 is 1.61. The number of aromatic nitrogens is 3. The van der Waals surface area contributed by atoms with Crippen molar-refractivity contribution in [3.8, 4) is 5.75 Å². The number of para-hydroxylation sites is 1. The highest BCUT2D eigenvalue weighted by atomic mass is 32.2. The van der Waals surface area contributed by atoms with Gasteiger partial charge in [0.25, 0.3) is 0 Å². The van der Waals surface area contributed by atoms with Crippen LogP contribution in [0, 0.1) is 0 Å². The number of hydrogen-bond donors (Lipinski definition) is 0. The lowest BCUT2D eigenvalue weighted by molar-refractivity contribution is 0.112. The lowest BCUT2D eigenvalue weighted by atomic mass is 10.1. The summed E-state index contributed by atoms with van der Waals surface area (Å²) in [5.74, 6) is 2.31. The van der Waals surface area contributed by atoms with Crippen LogP contribution in [0.25, 0.3) is 0 Å². The first-order valence-electron chi connectivity index (χ1n) is 8.57. The number of hydrogen-bond acceptors (Lipinski definition) is 5. The Balaban J connectivity index is 1.57. The molecule has 2 aromatic carbocycles. The third-order valence-corrected chi connectivity index (χ3v) is 4.86. The summed E-state index contributed by atoms with van der Waals surface area (Å²) in [7, 11) is 0. The van der Waals surface area contributed by atoms with Gasteiger partial charge in [-0.25, -0.2) is 0 Å². The molecule has 0 atom stereocenters. The van der Waals surface area contributed by atoms with Crippen LogP contribution in [-0.2, 0) is 13.0 Å². The van der Waals surface area contributed by atoms with E-state index in [9.17, 15) is 4.79 Å². The Morgan fingerprint density at radius 2 is 1.85 bits per heavy atom. The lowest BCUT2D eigenvalue weighted by Crippen LogP contribution is -2.06. The maximum Gasteiger partial charge on any atom is 0.191 e. The standard InChI is InChI=1S/C20H21N3O2S/c1-2-23-19(14-16-8-4-3-5-9-16)21-22-20(23)26-13-12-25-18-11-7-6-10-17(18)15-24/h3-11,15H,2,12-14H2,1H3. The van der Waals surface area contributed by atoms with Crippen LogP contribution in [0.2, 0.25) is 0 Å². The molecular weight excluding hydrogens is 346 g/mol. The maximum absolute atomic E-state index is 11.0. The maximum atomic E-state index is 11.0. The van der Waals surface area contributed by atoms with E-state index in [0.29, 0.717) is 17.9 Å². The minimum absolute atomic E-state index is 0.500. The van der Waals surface area contributed by atoms with Crippen molar-refractivity contribution in [1.82, 2.24) is 14.8 Å². The number of thioether (sulfide) groups is 1. The molecule has 0 amide bonds. The molecule has 0 spiro atoms. The first-order chi connectivity index (χ1) is 12.8. The summed E-state index contributed by atoms with van der Waals surface area (Å²) < 4.78 is 7.85. The fraction of sp³-hybridized carbons (Fsp3) is 0.250. The lowest BCUT2D eigenvalue weighted by Gasteiger charge is -2.09. The molecule has 0 radical (unpaired) electrons. The Morgan fingerprint density at radius 1 is 1.08 bits per heavy atom. The monoisotopic (exact) mass is 367 g/mol. The normalized spacial score (nSPS) is 10.7. The Kier molecular flexibility index (Phi) is 6.44. The van der Waals surface area contributed by atoms with Crippen LogP contribution in [-0.4, -0.2) is 33.4 Å². The number of rotatable bonds is 9. The highest BCUT2D eigenvalue weighted by Crippen LogP contribution is 2.20. The molecular formula is C20H21N3O2S. The van der Waals surface area contributed by atoms with Gasteiger partial charge in [-0.3, -0.25) is 4.79 Å². The molecule has 0 aliphatic rings. The third-order valence-electron chi connectivity index (χ3n) is 3.93. The minimum atomic E-state index is 0.500. The predicted octanol–water partition coefficient (Wildman–Crippen LogP) is 3.87. The summed E-state index contributed by atoms with van der Waals surface area (Å²) in [6, 6.07) is 17.5. The van der Waals surface area contributed by atoms with Crippen molar-refractivity contribution in [2.75, 3.05) is 12.4 Å². The van der Waals surface area contributed by atoms with Gasteiger partial charge in [-0.1, -0.05) is 54.2 Å². The highest BCUT2D eigenvalue weighted by molar-refractivity contribution is 7.99. The van der Waals surface area contributed by atoms with E-state index in [1.165, 1.54) is 5.56 Å². The molecule has 0 aliphatic carbocycles. The quantitative estimate of drug-likeness (QED) is 0.326. The topological polar surface area (TPSA) is 57.0 Å². The summed E-state index contributed by atoms with van der Waals surface area (Å²) in [6.07, 6.45) is 1.58. The first-order valence-corrected chi connectivity index (χ1v) is 9.56. The number of carbonyl (C=O) groups excluding carboxylic acids is 1. The zero-order valence-corrected chi connectivity index (χ0v) is 15.5. The van der Waals surface area contributed by atoms with Crippen LogP contribution in [0.4, 0.5) is 0 Å². The average molecular weight is 367 g/mol. The van der Waals surface area contributed by atoms with E-state index in [2.05, 4.69) is 33.8 Å². The van der Waals surface area contributed by atoms with Gasteiger partial charge in [0.1, 0.15) is 11.6 Å². The van der Waals surface area contributed by atoms with Gasteiger partial charge < -0.3 is 9.30 Å². The number of nitrogens with zero attached hydrogens (tertiary/aromatic N) is 3. The number of aldehydes is 1. The molecule has 0 unspecified atom stereocenters. The molecule has 0 N–H and O–H groups in total. The fourth-order valence-electron chi connectivity index (χ4n) is 2.65. The van der Waals surface area contributed by atoms with Gasteiger partial charge in [-0.15, -0.1) is 10.2 Å². The Hall–Kier alpha value is -2.60.